The molecule has 4 rings (SSSR count). The predicted molar refractivity (Wildman–Crippen MR) is 105 cm³/mol. The zero-order chi connectivity index (χ0) is 17.4. The molecule has 4 atom stereocenters. The summed E-state index contributed by atoms with van der Waals surface area (Å²) in [5.74, 6) is 0.508. The number of hydrogen-bond acceptors (Lipinski definition) is 3. The van der Waals surface area contributed by atoms with E-state index in [9.17, 15) is 9.59 Å². The molecule has 5 nitrogen and oxygen atoms in total. The largest absolute Gasteiger partial charge is 0.343 e. The van der Waals surface area contributed by atoms with Crippen molar-refractivity contribution >= 4 is 41.5 Å². The fraction of sp³-hybridized carbons (Fsp3) is 0.579. The number of hydrogen-bond donors (Lipinski definition) is 2. The highest BCUT2D eigenvalue weighted by atomic mass is 35.5. The summed E-state index contributed by atoms with van der Waals surface area (Å²) in [4.78, 5) is 27.0. The molecule has 0 aromatic heterocycles. The van der Waals surface area contributed by atoms with Gasteiger partial charge >= 0.3 is 0 Å². The molecule has 7 heteroatoms. The standard InChI is InChI=1S/C19H24ClN3O2.ClH/c20-13-6-2-4-8-17(13)23-10-9-15(19(23)25)22-18(24)16-11-12-5-1-3-7-14(12)21-16;/h2,4,6,8,12,14-16,21H,1,3,5,7,9-11H2,(H,22,24);1H. The van der Waals surface area contributed by atoms with Crippen LogP contribution in [0.1, 0.15) is 38.5 Å². The van der Waals surface area contributed by atoms with Crippen molar-refractivity contribution in [2.24, 2.45) is 5.92 Å². The van der Waals surface area contributed by atoms with Crippen LogP contribution in [-0.4, -0.2) is 36.5 Å². The molecule has 142 valence electrons. The van der Waals surface area contributed by atoms with Crippen LogP contribution < -0.4 is 15.5 Å². The lowest BCUT2D eigenvalue weighted by Crippen LogP contribution is -2.49. The van der Waals surface area contributed by atoms with Crippen LogP contribution in [0.25, 0.3) is 0 Å². The molecule has 1 aromatic rings. The first-order chi connectivity index (χ1) is 12.1. The monoisotopic (exact) mass is 397 g/mol. The van der Waals surface area contributed by atoms with E-state index in [1.54, 1.807) is 11.0 Å². The molecular formula is C19H25Cl2N3O2. The SMILES string of the molecule is Cl.O=C(NC1CCN(c2ccccc2Cl)C1=O)C1CC2CCCCC2N1. The van der Waals surface area contributed by atoms with Crippen LogP contribution in [0.3, 0.4) is 0 Å². The summed E-state index contributed by atoms with van der Waals surface area (Å²) in [6.07, 6.45) is 6.41. The summed E-state index contributed by atoms with van der Waals surface area (Å²) in [7, 11) is 0. The molecule has 1 aromatic carbocycles. The minimum Gasteiger partial charge on any atom is -0.343 e. The molecule has 2 amide bonds. The van der Waals surface area contributed by atoms with Crippen LogP contribution in [-0.2, 0) is 9.59 Å². The van der Waals surface area contributed by atoms with Crippen LogP contribution in [0, 0.1) is 5.92 Å². The second-order valence-electron chi connectivity index (χ2n) is 7.40. The van der Waals surface area contributed by atoms with Crippen molar-refractivity contribution in [1.29, 1.82) is 0 Å². The van der Waals surface area contributed by atoms with Gasteiger partial charge in [-0.1, -0.05) is 36.6 Å². The van der Waals surface area contributed by atoms with Crippen LogP contribution in [0.15, 0.2) is 24.3 Å². The van der Waals surface area contributed by atoms with Crippen LogP contribution in [0.4, 0.5) is 5.69 Å². The van der Waals surface area contributed by atoms with Crippen molar-refractivity contribution < 1.29 is 9.59 Å². The fourth-order valence-corrected chi connectivity index (χ4v) is 4.75. The summed E-state index contributed by atoms with van der Waals surface area (Å²) >= 11 is 6.21. The minimum absolute atomic E-state index is 0. The van der Waals surface area contributed by atoms with Gasteiger partial charge in [-0.2, -0.15) is 0 Å². The second kappa shape index (κ2) is 8.15. The lowest BCUT2D eigenvalue weighted by Gasteiger charge is -2.24. The molecular weight excluding hydrogens is 373 g/mol. The van der Waals surface area contributed by atoms with Gasteiger partial charge in [-0.25, -0.2) is 0 Å². The van der Waals surface area contributed by atoms with Gasteiger partial charge in [-0.05, 0) is 43.7 Å². The first-order valence-electron chi connectivity index (χ1n) is 9.26. The number of nitrogens with zero attached hydrogens (tertiary/aromatic N) is 1. The molecule has 0 spiro atoms. The molecule has 26 heavy (non-hydrogen) atoms. The minimum atomic E-state index is -0.451. The zero-order valence-electron chi connectivity index (χ0n) is 14.6. The van der Waals surface area contributed by atoms with E-state index in [1.165, 1.54) is 19.3 Å². The Balaban J connectivity index is 0.00000196. The Bertz CT molecular complexity index is 671. The van der Waals surface area contributed by atoms with E-state index in [4.69, 9.17) is 11.6 Å². The number of amides is 2. The highest BCUT2D eigenvalue weighted by Crippen LogP contribution is 2.33. The predicted octanol–water partition coefficient (Wildman–Crippen LogP) is 2.90. The Morgan fingerprint density at radius 2 is 1.96 bits per heavy atom. The molecule has 2 heterocycles. The molecule has 3 aliphatic rings. The molecule has 1 aliphatic carbocycles. The van der Waals surface area contributed by atoms with Crippen LogP contribution in [0.5, 0.6) is 0 Å². The highest BCUT2D eigenvalue weighted by molar-refractivity contribution is 6.34. The zero-order valence-corrected chi connectivity index (χ0v) is 16.2. The number of carbonyl (C=O) groups is 2. The average Bonchev–Trinajstić information content (AvgIpc) is 3.20. The van der Waals surface area contributed by atoms with E-state index < -0.39 is 6.04 Å². The van der Waals surface area contributed by atoms with Gasteiger partial charge in [0.15, 0.2) is 0 Å². The van der Waals surface area contributed by atoms with Crippen LogP contribution >= 0.6 is 24.0 Å². The Morgan fingerprint density at radius 1 is 1.19 bits per heavy atom. The molecule has 3 fully saturated rings. The number of carbonyl (C=O) groups excluding carboxylic acids is 2. The molecule has 2 N–H and O–H groups in total. The van der Waals surface area contributed by atoms with Crippen molar-refractivity contribution in [1.82, 2.24) is 10.6 Å². The number of fused-ring (bicyclic) bond motifs is 1. The number of rotatable bonds is 3. The first-order valence-corrected chi connectivity index (χ1v) is 9.63. The summed E-state index contributed by atoms with van der Waals surface area (Å²) in [6.45, 7) is 0.580. The van der Waals surface area contributed by atoms with Crippen molar-refractivity contribution in [3.8, 4) is 0 Å². The molecule has 2 aliphatic heterocycles. The summed E-state index contributed by atoms with van der Waals surface area (Å²) in [5, 5.41) is 7.00. The topological polar surface area (TPSA) is 61.4 Å². The maximum Gasteiger partial charge on any atom is 0.249 e. The lowest BCUT2D eigenvalue weighted by molar-refractivity contribution is -0.127. The smallest absolute Gasteiger partial charge is 0.249 e. The molecule has 0 bridgehead atoms. The van der Waals surface area contributed by atoms with Crippen molar-refractivity contribution in [3.63, 3.8) is 0 Å². The summed E-state index contributed by atoms with van der Waals surface area (Å²) in [5.41, 5.74) is 0.718. The van der Waals surface area contributed by atoms with E-state index >= 15 is 0 Å². The number of halogens is 2. The Kier molecular flexibility index (Phi) is 6.10. The average molecular weight is 398 g/mol. The van der Waals surface area contributed by atoms with E-state index in [2.05, 4.69) is 10.6 Å². The van der Waals surface area contributed by atoms with Gasteiger partial charge in [0.05, 0.1) is 16.8 Å². The number of para-hydroxylation sites is 1. The van der Waals surface area contributed by atoms with Crippen LogP contribution in [0.2, 0.25) is 5.02 Å². The highest BCUT2D eigenvalue weighted by Gasteiger charge is 2.40. The Hall–Kier alpha value is -1.30. The van der Waals surface area contributed by atoms with Crippen molar-refractivity contribution in [2.75, 3.05) is 11.4 Å². The fourth-order valence-electron chi connectivity index (χ4n) is 4.52. The Labute approximate surface area is 165 Å². The number of anilines is 1. The number of benzene rings is 1. The van der Waals surface area contributed by atoms with Crippen molar-refractivity contribution in [3.05, 3.63) is 29.3 Å². The van der Waals surface area contributed by atoms with Gasteiger partial charge < -0.3 is 15.5 Å². The lowest BCUT2D eigenvalue weighted by atomic mass is 9.85. The molecule has 0 radical (unpaired) electrons. The first kappa shape index (κ1) is 19.5. The van der Waals surface area contributed by atoms with Gasteiger partial charge in [-0.3, -0.25) is 9.59 Å². The molecule has 1 saturated carbocycles. The second-order valence-corrected chi connectivity index (χ2v) is 7.80. The maximum absolute atomic E-state index is 12.7. The third-order valence-corrected chi connectivity index (χ3v) is 6.16. The van der Waals surface area contributed by atoms with E-state index in [-0.39, 0.29) is 30.3 Å². The van der Waals surface area contributed by atoms with Gasteiger partial charge in [0.2, 0.25) is 11.8 Å². The Morgan fingerprint density at radius 3 is 2.73 bits per heavy atom. The quantitative estimate of drug-likeness (QED) is 0.823. The third kappa shape index (κ3) is 3.71. The van der Waals surface area contributed by atoms with Gasteiger partial charge in [-0.15, -0.1) is 12.4 Å². The summed E-state index contributed by atoms with van der Waals surface area (Å²) < 4.78 is 0. The molecule has 4 unspecified atom stereocenters. The van der Waals surface area contributed by atoms with E-state index in [0.29, 0.717) is 29.9 Å². The third-order valence-electron chi connectivity index (χ3n) is 5.84. The maximum atomic E-state index is 12.7. The normalized spacial score (nSPS) is 30.7. The van der Waals surface area contributed by atoms with Gasteiger partial charge in [0, 0.05) is 12.6 Å². The van der Waals surface area contributed by atoms with Gasteiger partial charge in [0.1, 0.15) is 6.04 Å². The summed E-state index contributed by atoms with van der Waals surface area (Å²) in [6, 6.07) is 7.20. The number of nitrogens with one attached hydrogen (secondary N) is 2. The van der Waals surface area contributed by atoms with Crippen molar-refractivity contribution in [2.45, 2.75) is 56.7 Å². The van der Waals surface area contributed by atoms with E-state index in [1.807, 2.05) is 18.2 Å². The molecule has 2 saturated heterocycles. The van der Waals surface area contributed by atoms with E-state index in [0.717, 1.165) is 18.5 Å². The van der Waals surface area contributed by atoms with Gasteiger partial charge in [0.25, 0.3) is 0 Å².